The molecule has 10 heavy (non-hydrogen) atoms. The molecule has 0 bridgehead atoms. The average Bonchev–Trinajstić information content (AvgIpc) is 2.27. The van der Waals surface area contributed by atoms with Crippen molar-refractivity contribution in [2.24, 2.45) is 10.7 Å². The molecule has 2 aliphatic rings. The van der Waals surface area contributed by atoms with Gasteiger partial charge in [-0.1, -0.05) is 0 Å². The van der Waals surface area contributed by atoms with Crippen LogP contribution in [0.15, 0.2) is 4.99 Å². The Morgan fingerprint density at radius 1 is 1.50 bits per heavy atom. The van der Waals surface area contributed by atoms with Crippen LogP contribution in [0.1, 0.15) is 0 Å². The number of hydrogen-bond donors (Lipinski definition) is 2. The van der Waals surface area contributed by atoms with Crippen molar-refractivity contribution in [3.8, 4) is 0 Å². The molecule has 2 rings (SSSR count). The topological polar surface area (TPSA) is 68.9 Å². The number of fused-ring (bicyclic) bond motifs is 1. The molecule has 0 aliphatic carbocycles. The molecular formula is C5H9N3O2. The number of nitrogens with zero attached hydrogens (tertiary/aromatic N) is 1. The Bertz CT molecular complexity index is 170. The maximum Gasteiger partial charge on any atom is 0.196 e. The van der Waals surface area contributed by atoms with Crippen LogP contribution in [0.5, 0.6) is 0 Å². The first-order valence-electron chi connectivity index (χ1n) is 3.19. The third-order valence-corrected chi connectivity index (χ3v) is 1.48. The molecule has 0 saturated carbocycles. The van der Waals surface area contributed by atoms with Crippen molar-refractivity contribution >= 4 is 5.96 Å². The minimum absolute atomic E-state index is 0.159. The number of rotatable bonds is 0. The first-order chi connectivity index (χ1) is 4.86. The predicted octanol–water partition coefficient (Wildman–Crippen LogP) is -1.40. The van der Waals surface area contributed by atoms with Gasteiger partial charge in [-0.15, -0.1) is 0 Å². The van der Waals surface area contributed by atoms with E-state index in [0.29, 0.717) is 19.2 Å². The summed E-state index contributed by atoms with van der Waals surface area (Å²) in [5.41, 5.74) is 5.37. The highest BCUT2D eigenvalue weighted by atomic mass is 16.6. The second kappa shape index (κ2) is 2.10. The number of hydrogen-bond acceptors (Lipinski definition) is 5. The molecule has 0 amide bonds. The highest BCUT2D eigenvalue weighted by Crippen LogP contribution is 2.12. The molecule has 1 fully saturated rings. The van der Waals surface area contributed by atoms with Crippen molar-refractivity contribution < 1.29 is 9.47 Å². The number of nitrogens with one attached hydrogen (secondary N) is 1. The molecule has 2 atom stereocenters. The third kappa shape index (κ3) is 0.833. The minimum atomic E-state index is -0.228. The summed E-state index contributed by atoms with van der Waals surface area (Å²) in [6, 6.07) is 0. The van der Waals surface area contributed by atoms with Gasteiger partial charge in [-0.2, -0.15) is 0 Å². The van der Waals surface area contributed by atoms with Crippen LogP contribution in [0.4, 0.5) is 0 Å². The van der Waals surface area contributed by atoms with Gasteiger partial charge in [0.1, 0.15) is 0 Å². The van der Waals surface area contributed by atoms with E-state index in [2.05, 4.69) is 10.3 Å². The van der Waals surface area contributed by atoms with E-state index in [-0.39, 0.29) is 12.5 Å². The Balaban J connectivity index is 2.06. The summed E-state index contributed by atoms with van der Waals surface area (Å²) in [6.07, 6.45) is -0.387. The Kier molecular flexibility index (Phi) is 1.25. The van der Waals surface area contributed by atoms with Crippen LogP contribution in [0.2, 0.25) is 0 Å². The number of aliphatic imine (C=N–C) groups is 1. The number of ether oxygens (including phenoxy) is 2. The van der Waals surface area contributed by atoms with Gasteiger partial charge in [-0.3, -0.25) is 0 Å². The summed E-state index contributed by atoms with van der Waals surface area (Å²) in [4.78, 5) is 3.95. The van der Waals surface area contributed by atoms with Crippen molar-refractivity contribution in [2.75, 3.05) is 13.2 Å². The summed E-state index contributed by atoms with van der Waals surface area (Å²) >= 11 is 0. The van der Waals surface area contributed by atoms with E-state index in [1.165, 1.54) is 0 Å². The zero-order chi connectivity index (χ0) is 6.97. The summed E-state index contributed by atoms with van der Waals surface area (Å²) in [6.45, 7) is 1.20. The summed E-state index contributed by atoms with van der Waals surface area (Å²) in [5.74, 6) is 0.400. The molecule has 0 aromatic heterocycles. The minimum Gasteiger partial charge on any atom is -0.370 e. The molecule has 5 nitrogen and oxygen atoms in total. The third-order valence-electron chi connectivity index (χ3n) is 1.48. The van der Waals surface area contributed by atoms with Gasteiger partial charge < -0.3 is 20.5 Å². The highest BCUT2D eigenvalue weighted by Gasteiger charge is 2.31. The zero-order valence-electron chi connectivity index (χ0n) is 5.41. The van der Waals surface area contributed by atoms with Crippen LogP contribution in [-0.2, 0) is 9.47 Å². The summed E-state index contributed by atoms with van der Waals surface area (Å²) in [7, 11) is 0. The SMILES string of the molecule is NC1=N[C@H]2OCCO[C@H]2N1. The lowest BCUT2D eigenvalue weighted by Crippen LogP contribution is -2.44. The van der Waals surface area contributed by atoms with E-state index < -0.39 is 0 Å². The number of nitrogens with two attached hydrogens (primary N) is 1. The maximum atomic E-state index is 5.37. The van der Waals surface area contributed by atoms with E-state index in [1.54, 1.807) is 0 Å². The Morgan fingerprint density at radius 3 is 3.10 bits per heavy atom. The van der Waals surface area contributed by atoms with E-state index in [9.17, 15) is 0 Å². The first kappa shape index (κ1) is 5.94. The Hall–Kier alpha value is -0.810. The Labute approximate surface area is 58.2 Å². The van der Waals surface area contributed by atoms with Crippen molar-refractivity contribution in [3.63, 3.8) is 0 Å². The van der Waals surface area contributed by atoms with E-state index >= 15 is 0 Å². The fourth-order valence-corrected chi connectivity index (χ4v) is 1.05. The lowest BCUT2D eigenvalue weighted by atomic mass is 10.5. The second-order valence-corrected chi connectivity index (χ2v) is 2.21. The standard InChI is InChI=1S/C5H9N3O2/c6-5-7-3-4(8-5)10-2-1-9-3/h3-4H,1-2H2,(H3,6,7,8)/t3-,4+. The molecule has 2 heterocycles. The molecule has 0 spiro atoms. The van der Waals surface area contributed by atoms with Crippen LogP contribution in [0.3, 0.4) is 0 Å². The normalized spacial score (nSPS) is 38.2. The fourth-order valence-electron chi connectivity index (χ4n) is 1.05. The fraction of sp³-hybridized carbons (Fsp3) is 0.800. The van der Waals surface area contributed by atoms with Gasteiger partial charge in [-0.05, 0) is 0 Å². The summed E-state index contributed by atoms with van der Waals surface area (Å²) < 4.78 is 10.5. The quantitative estimate of drug-likeness (QED) is 0.437. The highest BCUT2D eigenvalue weighted by molar-refractivity contribution is 5.79. The van der Waals surface area contributed by atoms with Gasteiger partial charge >= 0.3 is 0 Å². The second-order valence-electron chi connectivity index (χ2n) is 2.21. The monoisotopic (exact) mass is 143 g/mol. The van der Waals surface area contributed by atoms with Crippen molar-refractivity contribution in [3.05, 3.63) is 0 Å². The smallest absolute Gasteiger partial charge is 0.196 e. The van der Waals surface area contributed by atoms with Gasteiger partial charge in [0.25, 0.3) is 0 Å². The number of guanidine groups is 1. The first-order valence-corrected chi connectivity index (χ1v) is 3.19. The molecule has 3 N–H and O–H groups in total. The van der Waals surface area contributed by atoms with Crippen LogP contribution in [0.25, 0.3) is 0 Å². The van der Waals surface area contributed by atoms with Gasteiger partial charge in [0.2, 0.25) is 0 Å². The molecular weight excluding hydrogens is 134 g/mol. The lowest BCUT2D eigenvalue weighted by Gasteiger charge is -2.23. The van der Waals surface area contributed by atoms with Crippen LogP contribution in [-0.4, -0.2) is 31.6 Å². The lowest BCUT2D eigenvalue weighted by molar-refractivity contribution is -0.133. The molecule has 1 saturated heterocycles. The molecule has 0 aromatic carbocycles. The average molecular weight is 143 g/mol. The van der Waals surface area contributed by atoms with Crippen molar-refractivity contribution in [1.82, 2.24) is 5.32 Å². The molecule has 0 unspecified atom stereocenters. The zero-order valence-corrected chi connectivity index (χ0v) is 5.41. The van der Waals surface area contributed by atoms with Crippen LogP contribution < -0.4 is 11.1 Å². The van der Waals surface area contributed by atoms with E-state index in [0.717, 1.165) is 0 Å². The van der Waals surface area contributed by atoms with Gasteiger partial charge in [0, 0.05) is 0 Å². The molecule has 0 radical (unpaired) electrons. The van der Waals surface area contributed by atoms with Gasteiger partial charge in [-0.25, -0.2) is 4.99 Å². The van der Waals surface area contributed by atoms with E-state index in [1.807, 2.05) is 0 Å². The molecule has 56 valence electrons. The van der Waals surface area contributed by atoms with Crippen LogP contribution in [0, 0.1) is 0 Å². The predicted molar refractivity (Wildman–Crippen MR) is 34.2 cm³/mol. The van der Waals surface area contributed by atoms with E-state index in [4.69, 9.17) is 15.2 Å². The van der Waals surface area contributed by atoms with Gasteiger partial charge in [0.15, 0.2) is 18.4 Å². The van der Waals surface area contributed by atoms with Crippen molar-refractivity contribution in [2.45, 2.75) is 12.5 Å². The van der Waals surface area contributed by atoms with Crippen LogP contribution >= 0.6 is 0 Å². The molecule has 5 heteroatoms. The van der Waals surface area contributed by atoms with Gasteiger partial charge in [0.05, 0.1) is 13.2 Å². The summed E-state index contributed by atoms with van der Waals surface area (Å²) in [5, 5.41) is 2.84. The molecule has 0 aromatic rings. The maximum absolute atomic E-state index is 5.37. The Morgan fingerprint density at radius 2 is 2.30 bits per heavy atom. The molecule has 2 aliphatic heterocycles. The largest absolute Gasteiger partial charge is 0.370 e. The van der Waals surface area contributed by atoms with Crippen molar-refractivity contribution in [1.29, 1.82) is 0 Å².